The Morgan fingerprint density at radius 1 is 1.27 bits per heavy atom. The number of hydrogen-bond acceptors (Lipinski definition) is 5. The summed E-state index contributed by atoms with van der Waals surface area (Å²) in [6.45, 7) is 1.97. The van der Waals surface area contributed by atoms with Crippen molar-refractivity contribution in [1.82, 2.24) is 15.0 Å². The Kier molecular flexibility index (Phi) is 5.18. The highest BCUT2D eigenvalue weighted by molar-refractivity contribution is 6.04. The van der Waals surface area contributed by atoms with Crippen molar-refractivity contribution in [2.24, 2.45) is 0 Å². The number of ether oxygens (including phenoxy) is 1. The second kappa shape index (κ2) is 7.94. The highest BCUT2D eigenvalue weighted by Crippen LogP contribution is 2.33. The summed E-state index contributed by atoms with van der Waals surface area (Å²) in [6.07, 6.45) is 2.26. The fourth-order valence-corrected chi connectivity index (χ4v) is 3.34. The van der Waals surface area contributed by atoms with Gasteiger partial charge >= 0.3 is 0 Å². The number of anilines is 2. The average molecular weight is 409 g/mol. The molecule has 0 fully saturated rings. The molecule has 3 aromatic rings. The average Bonchev–Trinajstić information content (AvgIpc) is 3.23. The molecule has 2 aromatic carbocycles. The molecule has 0 spiro atoms. The number of amides is 2. The van der Waals surface area contributed by atoms with Crippen LogP contribution >= 0.6 is 0 Å². The minimum absolute atomic E-state index is 0.00897. The first-order valence-corrected chi connectivity index (χ1v) is 9.48. The Bertz CT molecular complexity index is 1100. The number of hydrogen-bond donors (Lipinski definition) is 1. The van der Waals surface area contributed by atoms with E-state index in [2.05, 4.69) is 15.6 Å². The standard InChI is InChI=1S/C21H20FN5O3/c1-3-17(13-4-6-14(22)7-5-13)27-11-16(24-25-27)21(29)23-15-8-9-19-18(10-15)26(2)20(28)12-30-19/h4-11,17H,3,12H2,1-2H3,(H,23,29)/t17-/m0/s1. The molecule has 1 aliphatic rings. The lowest BCUT2D eigenvalue weighted by molar-refractivity contribution is -0.120. The van der Waals surface area contributed by atoms with Crippen molar-refractivity contribution >= 4 is 23.2 Å². The predicted octanol–water partition coefficient (Wildman–Crippen LogP) is 3.02. The van der Waals surface area contributed by atoms with Gasteiger partial charge in [-0.05, 0) is 42.3 Å². The van der Waals surface area contributed by atoms with Crippen molar-refractivity contribution in [2.75, 3.05) is 23.9 Å². The van der Waals surface area contributed by atoms with Gasteiger partial charge < -0.3 is 15.0 Å². The summed E-state index contributed by atoms with van der Waals surface area (Å²) in [5.74, 6) is -0.331. The van der Waals surface area contributed by atoms with Gasteiger partial charge in [0.15, 0.2) is 12.3 Å². The summed E-state index contributed by atoms with van der Waals surface area (Å²) in [5, 5.41) is 10.8. The molecule has 9 heteroatoms. The van der Waals surface area contributed by atoms with Crippen LogP contribution in [0, 0.1) is 5.82 Å². The first-order chi connectivity index (χ1) is 14.5. The molecular weight excluding hydrogens is 389 g/mol. The molecule has 0 unspecified atom stereocenters. The zero-order valence-electron chi connectivity index (χ0n) is 16.5. The maximum absolute atomic E-state index is 13.2. The summed E-state index contributed by atoms with van der Waals surface area (Å²) in [5.41, 5.74) is 2.10. The normalized spacial score (nSPS) is 14.1. The minimum Gasteiger partial charge on any atom is -0.482 e. The van der Waals surface area contributed by atoms with Gasteiger partial charge in [0, 0.05) is 12.7 Å². The van der Waals surface area contributed by atoms with Gasteiger partial charge in [-0.15, -0.1) is 5.10 Å². The van der Waals surface area contributed by atoms with E-state index in [9.17, 15) is 14.0 Å². The summed E-state index contributed by atoms with van der Waals surface area (Å²) < 4.78 is 20.2. The maximum atomic E-state index is 13.2. The van der Waals surface area contributed by atoms with Crippen molar-refractivity contribution in [2.45, 2.75) is 19.4 Å². The third-order valence-corrected chi connectivity index (χ3v) is 5.01. The van der Waals surface area contributed by atoms with E-state index in [-0.39, 0.29) is 30.1 Å². The Morgan fingerprint density at radius 3 is 2.77 bits per heavy atom. The van der Waals surface area contributed by atoms with Crippen LogP contribution in [0.2, 0.25) is 0 Å². The first-order valence-electron chi connectivity index (χ1n) is 9.48. The molecule has 154 valence electrons. The lowest BCUT2D eigenvalue weighted by Crippen LogP contribution is -2.35. The molecule has 0 radical (unpaired) electrons. The highest BCUT2D eigenvalue weighted by atomic mass is 19.1. The smallest absolute Gasteiger partial charge is 0.277 e. The second-order valence-electron chi connectivity index (χ2n) is 6.94. The largest absolute Gasteiger partial charge is 0.482 e. The van der Waals surface area contributed by atoms with Crippen LogP contribution in [0.5, 0.6) is 5.75 Å². The SMILES string of the molecule is CC[C@@H](c1ccc(F)cc1)n1cc(C(=O)Nc2ccc3c(c2)N(C)C(=O)CO3)nn1. The van der Waals surface area contributed by atoms with Gasteiger partial charge in [-0.2, -0.15) is 0 Å². The van der Waals surface area contributed by atoms with Crippen LogP contribution in [-0.2, 0) is 4.79 Å². The lowest BCUT2D eigenvalue weighted by atomic mass is 10.0. The molecule has 1 aromatic heterocycles. The Balaban J connectivity index is 1.52. The molecule has 8 nitrogen and oxygen atoms in total. The van der Waals surface area contributed by atoms with Crippen LogP contribution in [0.25, 0.3) is 0 Å². The molecule has 0 saturated carbocycles. The van der Waals surface area contributed by atoms with E-state index in [0.29, 0.717) is 23.5 Å². The van der Waals surface area contributed by atoms with Crippen molar-refractivity contribution in [3.05, 3.63) is 65.7 Å². The summed E-state index contributed by atoms with van der Waals surface area (Å²) in [7, 11) is 1.65. The Morgan fingerprint density at radius 2 is 2.03 bits per heavy atom. The minimum atomic E-state index is -0.430. The molecule has 4 rings (SSSR count). The van der Waals surface area contributed by atoms with E-state index in [1.807, 2.05) is 6.92 Å². The topological polar surface area (TPSA) is 89.4 Å². The first kappa shape index (κ1) is 19.6. The molecule has 1 aliphatic heterocycles. The number of likely N-dealkylation sites (N-methyl/N-ethyl adjacent to an activating group) is 1. The van der Waals surface area contributed by atoms with Crippen LogP contribution in [0.15, 0.2) is 48.7 Å². The number of carbonyl (C=O) groups is 2. The number of aromatic nitrogens is 3. The van der Waals surface area contributed by atoms with Gasteiger partial charge in [-0.1, -0.05) is 24.3 Å². The van der Waals surface area contributed by atoms with E-state index in [4.69, 9.17) is 4.74 Å². The van der Waals surface area contributed by atoms with E-state index in [0.717, 1.165) is 5.56 Å². The monoisotopic (exact) mass is 409 g/mol. The van der Waals surface area contributed by atoms with Gasteiger partial charge in [-0.25, -0.2) is 9.07 Å². The van der Waals surface area contributed by atoms with Crippen LogP contribution in [-0.4, -0.2) is 40.5 Å². The van der Waals surface area contributed by atoms with Crippen molar-refractivity contribution in [3.63, 3.8) is 0 Å². The van der Waals surface area contributed by atoms with Gasteiger partial charge in [0.05, 0.1) is 17.9 Å². The number of benzene rings is 2. The molecule has 0 aliphatic carbocycles. The molecule has 30 heavy (non-hydrogen) atoms. The Labute approximate surface area is 172 Å². The molecule has 0 saturated heterocycles. The molecule has 1 N–H and O–H groups in total. The predicted molar refractivity (Wildman–Crippen MR) is 108 cm³/mol. The second-order valence-corrected chi connectivity index (χ2v) is 6.94. The Hall–Kier alpha value is -3.75. The van der Waals surface area contributed by atoms with Gasteiger partial charge in [-0.3, -0.25) is 9.59 Å². The summed E-state index contributed by atoms with van der Waals surface area (Å²) >= 11 is 0. The number of halogens is 1. The van der Waals surface area contributed by atoms with Gasteiger partial charge in [0.2, 0.25) is 0 Å². The van der Waals surface area contributed by atoms with Crippen LogP contribution in [0.1, 0.15) is 35.4 Å². The molecule has 2 amide bonds. The fourth-order valence-electron chi connectivity index (χ4n) is 3.34. The molecule has 0 bridgehead atoms. The quantitative estimate of drug-likeness (QED) is 0.700. The number of rotatable bonds is 5. The number of fused-ring (bicyclic) bond motifs is 1. The van der Waals surface area contributed by atoms with E-state index >= 15 is 0 Å². The van der Waals surface area contributed by atoms with Crippen LogP contribution in [0.3, 0.4) is 0 Å². The third-order valence-electron chi connectivity index (χ3n) is 5.01. The van der Waals surface area contributed by atoms with Crippen LogP contribution < -0.4 is 15.0 Å². The number of nitrogens with one attached hydrogen (secondary N) is 1. The zero-order valence-corrected chi connectivity index (χ0v) is 16.5. The highest BCUT2D eigenvalue weighted by Gasteiger charge is 2.23. The van der Waals surface area contributed by atoms with Crippen molar-refractivity contribution in [3.8, 4) is 5.75 Å². The number of carbonyl (C=O) groups excluding carboxylic acids is 2. The zero-order chi connectivity index (χ0) is 21.3. The van der Waals surface area contributed by atoms with Crippen molar-refractivity contribution in [1.29, 1.82) is 0 Å². The van der Waals surface area contributed by atoms with Gasteiger partial charge in [0.25, 0.3) is 11.8 Å². The number of nitrogens with zero attached hydrogens (tertiary/aromatic N) is 4. The fraction of sp³-hybridized carbons (Fsp3) is 0.238. The maximum Gasteiger partial charge on any atom is 0.277 e. The lowest BCUT2D eigenvalue weighted by Gasteiger charge is -2.26. The molecule has 1 atom stereocenters. The van der Waals surface area contributed by atoms with Crippen LogP contribution in [0.4, 0.5) is 15.8 Å². The van der Waals surface area contributed by atoms with E-state index in [1.54, 1.807) is 48.3 Å². The third kappa shape index (κ3) is 3.73. The molecule has 2 heterocycles. The van der Waals surface area contributed by atoms with Gasteiger partial charge in [0.1, 0.15) is 11.6 Å². The van der Waals surface area contributed by atoms with E-state index in [1.165, 1.54) is 17.0 Å². The summed E-state index contributed by atoms with van der Waals surface area (Å²) in [6, 6.07) is 11.1. The summed E-state index contributed by atoms with van der Waals surface area (Å²) in [4.78, 5) is 25.9. The molecular formula is C21H20FN5O3. The van der Waals surface area contributed by atoms with Crippen molar-refractivity contribution < 1.29 is 18.7 Å². The van der Waals surface area contributed by atoms with E-state index < -0.39 is 5.91 Å².